The predicted molar refractivity (Wildman–Crippen MR) is 134 cm³/mol. The number of hydrazone groups is 1. The van der Waals surface area contributed by atoms with Gasteiger partial charge in [0.2, 0.25) is 0 Å². The summed E-state index contributed by atoms with van der Waals surface area (Å²) >= 11 is 0. The van der Waals surface area contributed by atoms with E-state index < -0.39 is 0 Å². The molecule has 1 atom stereocenters. The van der Waals surface area contributed by atoms with Crippen LogP contribution in [0.25, 0.3) is 0 Å². The maximum absolute atomic E-state index is 12.8. The number of benzene rings is 2. The highest BCUT2D eigenvalue weighted by atomic mass is 16.5. The molecule has 2 aliphatic heterocycles. The number of rotatable bonds is 9. The Morgan fingerprint density at radius 1 is 1.17 bits per heavy atom. The fourth-order valence-corrected chi connectivity index (χ4v) is 4.03. The second-order valence-electron chi connectivity index (χ2n) is 8.87. The number of hydrogen-bond acceptors (Lipinski definition) is 7. The zero-order valence-electron chi connectivity index (χ0n) is 20.2. The van der Waals surface area contributed by atoms with Gasteiger partial charge in [-0.2, -0.15) is 5.10 Å². The number of fused-ring (bicyclic) bond motifs is 1. The van der Waals surface area contributed by atoms with Crippen molar-refractivity contribution in [2.45, 2.75) is 32.6 Å². The number of hydrogen-bond donors (Lipinski definition) is 1. The van der Waals surface area contributed by atoms with Crippen LogP contribution in [0.5, 0.6) is 5.75 Å². The number of carbonyl (C=O) groups is 2. The van der Waals surface area contributed by atoms with E-state index in [2.05, 4.69) is 17.3 Å². The number of unbranched alkanes of at least 4 members (excludes halogenated alkanes) is 1. The molecule has 1 unspecified atom stereocenters. The number of esters is 1. The molecule has 8 nitrogen and oxygen atoms in total. The first-order valence-corrected chi connectivity index (χ1v) is 12.3. The molecule has 186 valence electrons. The quantitative estimate of drug-likeness (QED) is 0.333. The number of nitrogens with one attached hydrogen (secondary N) is 1. The van der Waals surface area contributed by atoms with Crippen LogP contribution in [0.4, 0.5) is 5.69 Å². The summed E-state index contributed by atoms with van der Waals surface area (Å²) < 4.78 is 16.5. The Morgan fingerprint density at radius 3 is 2.74 bits per heavy atom. The van der Waals surface area contributed by atoms with Crippen molar-refractivity contribution in [3.8, 4) is 5.75 Å². The normalized spacial score (nSPS) is 17.5. The van der Waals surface area contributed by atoms with E-state index in [9.17, 15) is 9.59 Å². The molecule has 2 heterocycles. The maximum Gasteiger partial charge on any atom is 0.306 e. The molecule has 2 aromatic carbocycles. The van der Waals surface area contributed by atoms with Crippen LogP contribution in [-0.4, -0.2) is 62.6 Å². The Bertz CT molecular complexity index is 1030. The van der Waals surface area contributed by atoms with Gasteiger partial charge in [-0.1, -0.05) is 25.5 Å². The number of carbonyl (C=O) groups excluding carboxylic acids is 2. The smallest absolute Gasteiger partial charge is 0.306 e. The largest absolute Gasteiger partial charge is 0.493 e. The van der Waals surface area contributed by atoms with Gasteiger partial charge in [0.15, 0.2) is 0 Å². The van der Waals surface area contributed by atoms with Gasteiger partial charge in [0.05, 0.1) is 52.2 Å². The molecule has 2 aliphatic rings. The average Bonchev–Trinajstić information content (AvgIpc) is 2.88. The van der Waals surface area contributed by atoms with Crippen LogP contribution in [0.1, 0.15) is 47.7 Å². The Balaban J connectivity index is 1.31. The molecule has 0 aliphatic carbocycles. The summed E-state index contributed by atoms with van der Waals surface area (Å²) in [5.74, 6) is 0.490. The molecule has 0 radical (unpaired) electrons. The van der Waals surface area contributed by atoms with Crippen molar-refractivity contribution >= 4 is 23.8 Å². The lowest BCUT2D eigenvalue weighted by molar-refractivity contribution is -0.145. The highest BCUT2D eigenvalue weighted by Gasteiger charge is 2.23. The fourth-order valence-electron chi connectivity index (χ4n) is 4.03. The third-order valence-electron chi connectivity index (χ3n) is 6.05. The third-order valence-corrected chi connectivity index (χ3v) is 6.05. The number of amides is 1. The van der Waals surface area contributed by atoms with E-state index in [1.54, 1.807) is 18.3 Å². The monoisotopic (exact) mass is 479 g/mol. The van der Waals surface area contributed by atoms with Gasteiger partial charge < -0.3 is 19.5 Å². The zero-order valence-corrected chi connectivity index (χ0v) is 20.2. The van der Waals surface area contributed by atoms with Crippen molar-refractivity contribution < 1.29 is 23.8 Å². The molecule has 0 bridgehead atoms. The van der Waals surface area contributed by atoms with Crippen molar-refractivity contribution in [1.82, 2.24) is 5.01 Å². The van der Waals surface area contributed by atoms with E-state index in [4.69, 9.17) is 14.2 Å². The average molecular weight is 480 g/mol. The Morgan fingerprint density at radius 2 is 1.97 bits per heavy atom. The van der Waals surface area contributed by atoms with Crippen molar-refractivity contribution in [3.05, 3.63) is 59.2 Å². The standard InChI is InChI=1S/C27H33N3O5/c1-2-3-12-34-26(31)16-21-15-23-17-24(8-9-25(23)35-19-21)29-27(32)22-6-4-20(5-7-22)18-28-30-10-13-33-14-11-30/h4-9,17-18,21H,2-3,10-16,19H2,1H3,(H,29,32)/b28-18+. The van der Waals surface area contributed by atoms with Crippen molar-refractivity contribution in [3.63, 3.8) is 0 Å². The Kier molecular flexibility index (Phi) is 8.73. The van der Waals surface area contributed by atoms with Gasteiger partial charge in [-0.25, -0.2) is 0 Å². The summed E-state index contributed by atoms with van der Waals surface area (Å²) in [4.78, 5) is 24.8. The van der Waals surface area contributed by atoms with E-state index in [1.807, 2.05) is 35.3 Å². The van der Waals surface area contributed by atoms with Crippen LogP contribution in [0.15, 0.2) is 47.6 Å². The van der Waals surface area contributed by atoms with Gasteiger partial charge in [-0.3, -0.25) is 14.6 Å². The van der Waals surface area contributed by atoms with Crippen molar-refractivity contribution in [1.29, 1.82) is 0 Å². The molecule has 35 heavy (non-hydrogen) atoms. The van der Waals surface area contributed by atoms with Gasteiger partial charge in [0.1, 0.15) is 5.75 Å². The topological polar surface area (TPSA) is 89.5 Å². The first kappa shape index (κ1) is 24.7. The molecule has 1 amide bonds. The summed E-state index contributed by atoms with van der Waals surface area (Å²) in [7, 11) is 0. The lowest BCUT2D eigenvalue weighted by Crippen LogP contribution is -2.32. The molecular formula is C27H33N3O5. The predicted octanol–water partition coefficient (Wildman–Crippen LogP) is 3.89. The van der Waals surface area contributed by atoms with E-state index in [1.165, 1.54) is 0 Å². The SMILES string of the molecule is CCCCOC(=O)CC1COc2ccc(NC(=O)c3ccc(/C=N/N4CCOCC4)cc3)cc2C1. The van der Waals surface area contributed by atoms with E-state index in [-0.39, 0.29) is 17.8 Å². The van der Waals surface area contributed by atoms with Crippen molar-refractivity contribution in [2.75, 3.05) is 44.8 Å². The summed E-state index contributed by atoms with van der Waals surface area (Å²) in [6.45, 7) is 5.97. The molecule has 4 rings (SSSR count). The van der Waals surface area contributed by atoms with E-state index >= 15 is 0 Å². The number of nitrogens with zero attached hydrogens (tertiary/aromatic N) is 2. The van der Waals surface area contributed by atoms with Crippen molar-refractivity contribution in [2.24, 2.45) is 11.0 Å². The fraction of sp³-hybridized carbons (Fsp3) is 0.444. The van der Waals surface area contributed by atoms with Crippen LogP contribution >= 0.6 is 0 Å². The van der Waals surface area contributed by atoms with Crippen LogP contribution in [0, 0.1) is 5.92 Å². The molecule has 2 aromatic rings. The minimum Gasteiger partial charge on any atom is -0.493 e. The second-order valence-corrected chi connectivity index (χ2v) is 8.87. The highest BCUT2D eigenvalue weighted by Crippen LogP contribution is 2.31. The molecule has 1 saturated heterocycles. The Labute approximate surface area is 206 Å². The summed E-state index contributed by atoms with van der Waals surface area (Å²) in [5, 5.41) is 9.40. The molecule has 0 spiro atoms. The zero-order chi connectivity index (χ0) is 24.5. The van der Waals surface area contributed by atoms with Crippen LogP contribution < -0.4 is 10.1 Å². The van der Waals surface area contributed by atoms with Gasteiger partial charge in [0.25, 0.3) is 5.91 Å². The molecule has 1 N–H and O–H groups in total. The minimum atomic E-state index is -0.186. The van der Waals surface area contributed by atoms with Crippen LogP contribution in [-0.2, 0) is 20.7 Å². The summed E-state index contributed by atoms with van der Waals surface area (Å²) in [6.07, 6.45) is 4.71. The second kappa shape index (κ2) is 12.4. The lowest BCUT2D eigenvalue weighted by Gasteiger charge is -2.25. The number of ether oxygens (including phenoxy) is 3. The summed E-state index contributed by atoms with van der Waals surface area (Å²) in [5.41, 5.74) is 3.17. The Hall–Kier alpha value is -3.39. The van der Waals surface area contributed by atoms with Gasteiger partial charge >= 0.3 is 5.97 Å². The molecule has 0 saturated carbocycles. The van der Waals surface area contributed by atoms with E-state index in [0.29, 0.717) is 50.5 Å². The molecule has 1 fully saturated rings. The minimum absolute atomic E-state index is 0.0641. The third kappa shape index (κ3) is 7.29. The first-order chi connectivity index (χ1) is 17.1. The number of morpholine rings is 1. The van der Waals surface area contributed by atoms with Crippen LogP contribution in [0.3, 0.4) is 0 Å². The molecule has 0 aromatic heterocycles. The van der Waals surface area contributed by atoms with Crippen LogP contribution in [0.2, 0.25) is 0 Å². The van der Waals surface area contributed by atoms with Gasteiger partial charge in [-0.05, 0) is 54.3 Å². The number of anilines is 1. The highest BCUT2D eigenvalue weighted by molar-refractivity contribution is 6.04. The van der Waals surface area contributed by atoms with E-state index in [0.717, 1.165) is 42.8 Å². The lowest BCUT2D eigenvalue weighted by atomic mass is 9.93. The first-order valence-electron chi connectivity index (χ1n) is 12.3. The summed E-state index contributed by atoms with van der Waals surface area (Å²) in [6, 6.07) is 13.0. The van der Waals surface area contributed by atoms with Gasteiger partial charge in [-0.15, -0.1) is 0 Å². The maximum atomic E-state index is 12.8. The molecule has 8 heteroatoms. The van der Waals surface area contributed by atoms with Gasteiger partial charge in [0, 0.05) is 17.2 Å². The molecular weight excluding hydrogens is 446 g/mol.